The third-order valence-corrected chi connectivity index (χ3v) is 4.75. The summed E-state index contributed by atoms with van der Waals surface area (Å²) in [7, 11) is 0. The van der Waals surface area contributed by atoms with Crippen LogP contribution in [-0.2, 0) is 0 Å². The van der Waals surface area contributed by atoms with Gasteiger partial charge in [0.15, 0.2) is 0 Å². The number of amides is 1. The zero-order valence-corrected chi connectivity index (χ0v) is 13.8. The number of benzene rings is 1. The average molecular weight is 312 g/mol. The number of rotatable bonds is 3. The number of likely N-dealkylation sites (tertiary alicyclic amines) is 1. The highest BCUT2D eigenvalue weighted by Gasteiger charge is 2.31. The van der Waals surface area contributed by atoms with Gasteiger partial charge in [0.1, 0.15) is 0 Å². The van der Waals surface area contributed by atoms with Gasteiger partial charge in [-0.2, -0.15) is 5.10 Å². The maximum absolute atomic E-state index is 13.0. The third-order valence-electron chi connectivity index (χ3n) is 4.75. The minimum Gasteiger partial charge on any atom is -0.334 e. The van der Waals surface area contributed by atoms with Crippen LogP contribution in [0.25, 0.3) is 5.69 Å². The molecule has 2 N–H and O–H groups in total. The van der Waals surface area contributed by atoms with E-state index in [9.17, 15) is 4.79 Å². The van der Waals surface area contributed by atoms with Crippen molar-refractivity contribution in [1.82, 2.24) is 14.7 Å². The standard InChI is InChI=1S/C18H24N4O/c1-13-8-9-21(16(10-13)11-19)18(23)17-12-20-22(14(17)2)15-6-4-3-5-7-15/h3-7,12-13,16H,8-11,19H2,1-2H3. The summed E-state index contributed by atoms with van der Waals surface area (Å²) in [6.07, 6.45) is 3.69. The van der Waals surface area contributed by atoms with E-state index in [1.165, 1.54) is 0 Å². The molecular weight excluding hydrogens is 288 g/mol. The molecule has 3 rings (SSSR count). The van der Waals surface area contributed by atoms with Crippen LogP contribution < -0.4 is 5.73 Å². The Morgan fingerprint density at radius 3 is 2.78 bits per heavy atom. The molecule has 1 aromatic carbocycles. The maximum atomic E-state index is 13.0. The molecule has 2 unspecified atom stereocenters. The van der Waals surface area contributed by atoms with Crippen molar-refractivity contribution in [2.24, 2.45) is 11.7 Å². The monoisotopic (exact) mass is 312 g/mol. The van der Waals surface area contributed by atoms with Crippen LogP contribution in [0.3, 0.4) is 0 Å². The van der Waals surface area contributed by atoms with Crippen LogP contribution in [0, 0.1) is 12.8 Å². The third kappa shape index (κ3) is 3.01. The van der Waals surface area contributed by atoms with Crippen LogP contribution in [0.1, 0.15) is 35.8 Å². The van der Waals surface area contributed by atoms with Crippen LogP contribution in [0.4, 0.5) is 0 Å². The number of para-hydroxylation sites is 1. The SMILES string of the molecule is Cc1c(C(=O)N2CCC(C)CC2CN)cnn1-c1ccccc1. The summed E-state index contributed by atoms with van der Waals surface area (Å²) >= 11 is 0. The Kier molecular flexibility index (Phi) is 4.48. The van der Waals surface area contributed by atoms with Gasteiger partial charge in [-0.15, -0.1) is 0 Å². The van der Waals surface area contributed by atoms with Gasteiger partial charge in [-0.25, -0.2) is 4.68 Å². The molecule has 5 heteroatoms. The fourth-order valence-corrected chi connectivity index (χ4v) is 3.35. The smallest absolute Gasteiger partial charge is 0.257 e. The van der Waals surface area contributed by atoms with Crippen molar-refractivity contribution >= 4 is 5.91 Å². The van der Waals surface area contributed by atoms with E-state index in [-0.39, 0.29) is 11.9 Å². The van der Waals surface area contributed by atoms with Crippen LogP contribution >= 0.6 is 0 Å². The van der Waals surface area contributed by atoms with Crippen molar-refractivity contribution in [3.8, 4) is 5.69 Å². The van der Waals surface area contributed by atoms with E-state index < -0.39 is 0 Å². The lowest BCUT2D eigenvalue weighted by Gasteiger charge is -2.38. The van der Waals surface area contributed by atoms with Gasteiger partial charge in [0, 0.05) is 19.1 Å². The second-order valence-electron chi connectivity index (χ2n) is 6.41. The van der Waals surface area contributed by atoms with Gasteiger partial charge in [-0.3, -0.25) is 4.79 Å². The van der Waals surface area contributed by atoms with Crippen LogP contribution in [-0.4, -0.2) is 39.7 Å². The second-order valence-corrected chi connectivity index (χ2v) is 6.41. The van der Waals surface area contributed by atoms with Crippen molar-refractivity contribution in [1.29, 1.82) is 0 Å². The Bertz CT molecular complexity index is 680. The molecule has 1 saturated heterocycles. The van der Waals surface area contributed by atoms with Crippen LogP contribution in [0.5, 0.6) is 0 Å². The van der Waals surface area contributed by atoms with Crippen molar-refractivity contribution < 1.29 is 4.79 Å². The van der Waals surface area contributed by atoms with E-state index in [0.717, 1.165) is 30.8 Å². The largest absolute Gasteiger partial charge is 0.334 e. The number of nitrogens with two attached hydrogens (primary N) is 1. The number of piperidine rings is 1. The molecule has 1 aliphatic rings. The fraction of sp³-hybridized carbons (Fsp3) is 0.444. The predicted molar refractivity (Wildman–Crippen MR) is 90.6 cm³/mol. The van der Waals surface area contributed by atoms with Gasteiger partial charge in [-0.05, 0) is 37.8 Å². The normalized spacial score (nSPS) is 21.4. The summed E-state index contributed by atoms with van der Waals surface area (Å²) in [4.78, 5) is 14.9. The minimum atomic E-state index is 0.0482. The van der Waals surface area contributed by atoms with Gasteiger partial charge in [0.2, 0.25) is 0 Å². The Balaban J connectivity index is 1.87. The molecule has 1 amide bonds. The molecule has 0 spiro atoms. The molecule has 1 fully saturated rings. The van der Waals surface area contributed by atoms with Crippen molar-refractivity contribution in [3.63, 3.8) is 0 Å². The van der Waals surface area contributed by atoms with Crippen LogP contribution in [0.2, 0.25) is 0 Å². The Hall–Kier alpha value is -2.14. The quantitative estimate of drug-likeness (QED) is 0.946. The van der Waals surface area contributed by atoms with E-state index in [2.05, 4.69) is 12.0 Å². The summed E-state index contributed by atoms with van der Waals surface area (Å²) in [6.45, 7) is 5.46. The summed E-state index contributed by atoms with van der Waals surface area (Å²) in [6, 6.07) is 10.0. The molecular formula is C18H24N4O. The van der Waals surface area contributed by atoms with E-state index in [4.69, 9.17) is 5.73 Å². The summed E-state index contributed by atoms with van der Waals surface area (Å²) < 4.78 is 1.82. The van der Waals surface area contributed by atoms with Gasteiger partial charge in [0.05, 0.1) is 23.1 Å². The summed E-state index contributed by atoms with van der Waals surface area (Å²) in [5.41, 5.74) is 8.40. The number of hydrogen-bond acceptors (Lipinski definition) is 3. The molecule has 5 nitrogen and oxygen atoms in total. The Labute approximate surface area is 137 Å². The van der Waals surface area contributed by atoms with Gasteiger partial charge < -0.3 is 10.6 Å². The van der Waals surface area contributed by atoms with Crippen molar-refractivity contribution in [3.05, 3.63) is 47.8 Å². The summed E-state index contributed by atoms with van der Waals surface area (Å²) in [5, 5.41) is 4.41. The number of carbonyl (C=O) groups excluding carboxylic acids is 1. The lowest BCUT2D eigenvalue weighted by molar-refractivity contribution is 0.0573. The van der Waals surface area contributed by atoms with Gasteiger partial charge in [-0.1, -0.05) is 25.1 Å². The van der Waals surface area contributed by atoms with E-state index >= 15 is 0 Å². The molecule has 2 aromatic rings. The lowest BCUT2D eigenvalue weighted by atomic mass is 9.92. The van der Waals surface area contributed by atoms with E-state index in [1.54, 1.807) is 6.20 Å². The van der Waals surface area contributed by atoms with Gasteiger partial charge >= 0.3 is 0 Å². The number of aromatic nitrogens is 2. The molecule has 2 heterocycles. The molecule has 0 bridgehead atoms. The fourth-order valence-electron chi connectivity index (χ4n) is 3.35. The predicted octanol–water partition coefficient (Wildman–Crippen LogP) is 2.38. The molecule has 1 aromatic heterocycles. The highest BCUT2D eigenvalue weighted by Crippen LogP contribution is 2.25. The van der Waals surface area contributed by atoms with Gasteiger partial charge in [0.25, 0.3) is 5.91 Å². The second kappa shape index (κ2) is 6.54. The van der Waals surface area contributed by atoms with Crippen molar-refractivity contribution in [2.75, 3.05) is 13.1 Å². The molecule has 2 atom stereocenters. The zero-order chi connectivity index (χ0) is 16.4. The highest BCUT2D eigenvalue weighted by atomic mass is 16.2. The molecule has 0 radical (unpaired) electrons. The highest BCUT2D eigenvalue weighted by molar-refractivity contribution is 5.95. The Morgan fingerprint density at radius 1 is 1.35 bits per heavy atom. The van der Waals surface area contributed by atoms with Crippen molar-refractivity contribution in [2.45, 2.75) is 32.7 Å². The molecule has 0 aliphatic carbocycles. The number of carbonyl (C=O) groups is 1. The Morgan fingerprint density at radius 2 is 2.09 bits per heavy atom. The molecule has 122 valence electrons. The molecule has 23 heavy (non-hydrogen) atoms. The molecule has 0 saturated carbocycles. The lowest BCUT2D eigenvalue weighted by Crippen LogP contribution is -2.49. The summed E-state index contributed by atoms with van der Waals surface area (Å²) in [5.74, 6) is 0.674. The average Bonchev–Trinajstić information content (AvgIpc) is 2.96. The first-order valence-corrected chi connectivity index (χ1v) is 8.23. The number of nitrogens with zero attached hydrogens (tertiary/aromatic N) is 3. The topological polar surface area (TPSA) is 64.2 Å². The number of hydrogen-bond donors (Lipinski definition) is 1. The van der Waals surface area contributed by atoms with E-state index in [1.807, 2.05) is 46.8 Å². The first kappa shape index (κ1) is 15.7. The first-order chi connectivity index (χ1) is 11.1. The van der Waals surface area contributed by atoms with E-state index in [0.29, 0.717) is 18.0 Å². The minimum absolute atomic E-state index is 0.0482. The maximum Gasteiger partial charge on any atom is 0.257 e. The van der Waals surface area contributed by atoms with Crippen LogP contribution in [0.15, 0.2) is 36.5 Å². The molecule has 1 aliphatic heterocycles. The first-order valence-electron chi connectivity index (χ1n) is 8.23. The zero-order valence-electron chi connectivity index (χ0n) is 13.8.